The first-order valence-electron chi connectivity index (χ1n) is 4.38. The number of halogens is 3. The summed E-state index contributed by atoms with van der Waals surface area (Å²) in [7, 11) is 1.28. The average molecular weight is 289 g/mol. The van der Waals surface area contributed by atoms with Crippen LogP contribution in [0.25, 0.3) is 0 Å². The van der Waals surface area contributed by atoms with Crippen molar-refractivity contribution < 1.29 is 14.3 Å². The molecular weight excluding hydrogens is 276 g/mol. The van der Waals surface area contributed by atoms with E-state index in [1.54, 1.807) is 0 Å². The Morgan fingerprint density at radius 3 is 2.44 bits per heavy atom. The quantitative estimate of drug-likeness (QED) is 0.478. The third-order valence-electron chi connectivity index (χ3n) is 1.75. The molecule has 0 aromatic carbocycles. The number of hydrogen-bond donors (Lipinski definition) is 1. The first kappa shape index (κ1) is 15.6. The second kappa shape index (κ2) is 6.99. The Balaban J connectivity index is 4.16. The van der Waals surface area contributed by atoms with Gasteiger partial charge in [0.05, 0.1) is 7.11 Å². The molecule has 0 heterocycles. The Morgan fingerprint density at radius 2 is 2.06 bits per heavy atom. The van der Waals surface area contributed by atoms with Gasteiger partial charge in [0.25, 0.3) is 9.70 Å². The summed E-state index contributed by atoms with van der Waals surface area (Å²) < 4.78 is 2.43. The van der Waals surface area contributed by atoms with Gasteiger partial charge in [-0.3, -0.25) is 9.59 Å². The molecule has 0 aliphatic carbocycles. The van der Waals surface area contributed by atoms with Gasteiger partial charge in [-0.15, -0.1) is 6.58 Å². The summed E-state index contributed by atoms with van der Waals surface area (Å²) in [4.78, 5) is 22.1. The van der Waals surface area contributed by atoms with Gasteiger partial charge in [0.15, 0.2) is 0 Å². The van der Waals surface area contributed by atoms with Crippen molar-refractivity contribution in [2.75, 3.05) is 7.11 Å². The molecule has 0 aromatic heterocycles. The molecule has 16 heavy (non-hydrogen) atoms. The fourth-order valence-electron chi connectivity index (χ4n) is 0.875. The zero-order valence-corrected chi connectivity index (χ0v) is 10.9. The highest BCUT2D eigenvalue weighted by Gasteiger charge is 2.31. The third-order valence-corrected chi connectivity index (χ3v) is 2.26. The smallest absolute Gasteiger partial charge is 0.305 e. The van der Waals surface area contributed by atoms with Crippen molar-refractivity contribution in [3.05, 3.63) is 12.7 Å². The van der Waals surface area contributed by atoms with Crippen LogP contribution in [0.1, 0.15) is 12.8 Å². The molecule has 0 saturated carbocycles. The van der Waals surface area contributed by atoms with Crippen LogP contribution in [0.2, 0.25) is 0 Å². The molecule has 0 radical (unpaired) electrons. The van der Waals surface area contributed by atoms with Crippen molar-refractivity contribution in [3.8, 4) is 0 Å². The van der Waals surface area contributed by atoms with Gasteiger partial charge >= 0.3 is 5.97 Å². The average Bonchev–Trinajstić information content (AvgIpc) is 2.21. The minimum Gasteiger partial charge on any atom is -0.469 e. The van der Waals surface area contributed by atoms with Crippen LogP contribution in [-0.2, 0) is 14.3 Å². The lowest BCUT2D eigenvalue weighted by molar-refractivity contribution is -0.141. The normalized spacial score (nSPS) is 12.8. The number of hydrogen-bond acceptors (Lipinski definition) is 3. The summed E-state index contributed by atoms with van der Waals surface area (Å²) in [5.74, 6) is -1.14. The minimum atomic E-state index is -2.02. The Labute approximate surface area is 109 Å². The Kier molecular flexibility index (Phi) is 6.79. The van der Waals surface area contributed by atoms with Gasteiger partial charge in [0, 0.05) is 12.5 Å². The van der Waals surface area contributed by atoms with Crippen LogP contribution < -0.4 is 5.32 Å². The Morgan fingerprint density at radius 1 is 1.50 bits per heavy atom. The maximum absolute atomic E-state index is 11.3. The summed E-state index contributed by atoms with van der Waals surface area (Å²) in [6, 6.07) is -0.442. The van der Waals surface area contributed by atoms with E-state index in [0.717, 1.165) is 0 Å². The number of carbonyl (C=O) groups is 2. The first-order valence-corrected chi connectivity index (χ1v) is 5.51. The number of rotatable bonds is 5. The predicted molar refractivity (Wildman–Crippen MR) is 63.7 cm³/mol. The monoisotopic (exact) mass is 287 g/mol. The molecule has 1 amide bonds. The fraction of sp³-hybridized carbons (Fsp3) is 0.556. The zero-order chi connectivity index (χ0) is 12.8. The van der Waals surface area contributed by atoms with E-state index in [2.05, 4.69) is 16.6 Å². The summed E-state index contributed by atoms with van der Waals surface area (Å²) in [6.07, 6.45) is 1.94. The predicted octanol–water partition coefficient (Wildman–Crippen LogP) is 1.98. The molecule has 0 fully saturated rings. The topological polar surface area (TPSA) is 55.4 Å². The number of ether oxygens (including phenoxy) is 1. The summed E-state index contributed by atoms with van der Waals surface area (Å²) in [5, 5.41) is 2.43. The molecule has 0 saturated heterocycles. The van der Waals surface area contributed by atoms with E-state index in [0.29, 0.717) is 6.42 Å². The molecule has 4 nitrogen and oxygen atoms in total. The SMILES string of the molecule is C=C[C@H](CCC(=O)OC)NC(=O)C(Cl)(Cl)Cl. The van der Waals surface area contributed by atoms with Crippen LogP contribution in [0.4, 0.5) is 0 Å². The molecule has 0 rings (SSSR count). The lowest BCUT2D eigenvalue weighted by atomic mass is 10.1. The van der Waals surface area contributed by atoms with Gasteiger partial charge in [-0.05, 0) is 6.42 Å². The number of alkyl halides is 3. The van der Waals surface area contributed by atoms with E-state index in [4.69, 9.17) is 34.8 Å². The molecule has 7 heteroatoms. The number of amides is 1. The van der Waals surface area contributed by atoms with Crippen LogP contribution in [0.3, 0.4) is 0 Å². The van der Waals surface area contributed by atoms with E-state index >= 15 is 0 Å². The molecule has 0 aliphatic heterocycles. The Hall–Kier alpha value is -0.450. The molecule has 0 aromatic rings. The summed E-state index contributed by atoms with van der Waals surface area (Å²) in [5.41, 5.74) is 0. The molecule has 0 bridgehead atoms. The standard InChI is InChI=1S/C9H12Cl3NO3/c1-3-6(4-5-7(14)16-2)13-8(15)9(10,11)12/h3,6H,1,4-5H2,2H3,(H,13,15)/t6-/m1/s1. The van der Waals surface area contributed by atoms with Crippen molar-refractivity contribution in [1.29, 1.82) is 0 Å². The molecule has 92 valence electrons. The van der Waals surface area contributed by atoms with Crippen LogP contribution in [-0.4, -0.2) is 28.8 Å². The molecule has 1 atom stereocenters. The summed E-state index contributed by atoms with van der Waals surface area (Å²) in [6.45, 7) is 3.50. The van der Waals surface area contributed by atoms with Crippen molar-refractivity contribution in [2.45, 2.75) is 22.7 Å². The highest BCUT2D eigenvalue weighted by molar-refractivity contribution is 6.76. The van der Waals surface area contributed by atoms with Crippen LogP contribution in [0, 0.1) is 0 Å². The molecule has 0 aliphatic rings. The van der Waals surface area contributed by atoms with Crippen molar-refractivity contribution in [3.63, 3.8) is 0 Å². The maximum atomic E-state index is 11.3. The van der Waals surface area contributed by atoms with E-state index in [1.807, 2.05) is 0 Å². The lowest BCUT2D eigenvalue weighted by Crippen LogP contribution is -2.40. The van der Waals surface area contributed by atoms with Crippen molar-refractivity contribution in [2.24, 2.45) is 0 Å². The van der Waals surface area contributed by atoms with Gasteiger partial charge in [0.1, 0.15) is 0 Å². The zero-order valence-electron chi connectivity index (χ0n) is 8.63. The number of methoxy groups -OCH3 is 1. The maximum Gasteiger partial charge on any atom is 0.305 e. The molecular formula is C9H12Cl3NO3. The molecule has 0 spiro atoms. The summed E-state index contributed by atoms with van der Waals surface area (Å²) >= 11 is 16.1. The molecule has 1 N–H and O–H groups in total. The van der Waals surface area contributed by atoms with Crippen LogP contribution in [0.15, 0.2) is 12.7 Å². The first-order chi connectivity index (χ1) is 7.31. The van der Waals surface area contributed by atoms with E-state index in [-0.39, 0.29) is 12.4 Å². The molecule has 0 unspecified atom stereocenters. The largest absolute Gasteiger partial charge is 0.469 e. The van der Waals surface area contributed by atoms with E-state index in [9.17, 15) is 9.59 Å². The second-order valence-electron chi connectivity index (χ2n) is 2.93. The van der Waals surface area contributed by atoms with Gasteiger partial charge in [-0.1, -0.05) is 40.9 Å². The third kappa shape index (κ3) is 6.20. The van der Waals surface area contributed by atoms with Crippen LogP contribution in [0.5, 0.6) is 0 Å². The highest BCUT2D eigenvalue weighted by Crippen LogP contribution is 2.26. The van der Waals surface area contributed by atoms with Gasteiger partial charge in [0.2, 0.25) is 0 Å². The van der Waals surface area contributed by atoms with Crippen molar-refractivity contribution in [1.82, 2.24) is 5.32 Å². The van der Waals surface area contributed by atoms with Gasteiger partial charge in [-0.2, -0.15) is 0 Å². The second-order valence-corrected chi connectivity index (χ2v) is 5.21. The Bertz CT molecular complexity index is 276. The lowest BCUT2D eigenvalue weighted by Gasteiger charge is -2.17. The highest BCUT2D eigenvalue weighted by atomic mass is 35.6. The van der Waals surface area contributed by atoms with E-state index < -0.39 is 15.7 Å². The van der Waals surface area contributed by atoms with E-state index in [1.165, 1.54) is 13.2 Å². The van der Waals surface area contributed by atoms with Crippen LogP contribution >= 0.6 is 34.8 Å². The number of carbonyl (C=O) groups excluding carboxylic acids is 2. The fourth-order valence-corrected chi connectivity index (χ4v) is 1.04. The van der Waals surface area contributed by atoms with Gasteiger partial charge < -0.3 is 10.1 Å². The van der Waals surface area contributed by atoms with Crippen molar-refractivity contribution >= 4 is 46.7 Å². The number of nitrogens with one attached hydrogen (secondary N) is 1. The van der Waals surface area contributed by atoms with Gasteiger partial charge in [-0.25, -0.2) is 0 Å². The minimum absolute atomic E-state index is 0.146. The number of esters is 1.